The summed E-state index contributed by atoms with van der Waals surface area (Å²) < 4.78 is 26.4. The van der Waals surface area contributed by atoms with E-state index in [1.165, 1.54) is 17.0 Å². The third kappa shape index (κ3) is 8.46. The van der Waals surface area contributed by atoms with Crippen molar-refractivity contribution in [2.75, 3.05) is 17.1 Å². The number of nitrogens with one attached hydrogen (secondary N) is 1. The number of carbonyl (C=O) groups is 2. The Morgan fingerprint density at radius 2 is 1.71 bits per heavy atom. The predicted octanol–water partition coefficient (Wildman–Crippen LogP) is 5.31. The molecule has 1 aliphatic carbocycles. The van der Waals surface area contributed by atoms with Crippen LogP contribution < -0.4 is 9.62 Å². The Labute approximate surface area is 232 Å². The molecule has 0 saturated heterocycles. The zero-order valence-corrected chi connectivity index (χ0v) is 24.2. The lowest BCUT2D eigenvalue weighted by Gasteiger charge is -2.31. The van der Waals surface area contributed by atoms with Crippen molar-refractivity contribution in [2.45, 2.75) is 83.8 Å². The first kappa shape index (κ1) is 30.0. The number of halogens is 1. The average molecular weight is 562 g/mol. The summed E-state index contributed by atoms with van der Waals surface area (Å²) in [6.45, 7) is 4.15. The second-order valence-electron chi connectivity index (χ2n) is 10.1. The third-order valence-electron chi connectivity index (χ3n) is 7.20. The van der Waals surface area contributed by atoms with Crippen LogP contribution in [0.3, 0.4) is 0 Å². The summed E-state index contributed by atoms with van der Waals surface area (Å²) in [6.07, 6.45) is 7.74. The molecule has 2 aromatic carbocycles. The molecule has 0 bridgehead atoms. The van der Waals surface area contributed by atoms with E-state index >= 15 is 0 Å². The molecule has 38 heavy (non-hydrogen) atoms. The predicted molar refractivity (Wildman–Crippen MR) is 154 cm³/mol. The maximum Gasteiger partial charge on any atom is 0.242 e. The SMILES string of the molecule is CCc1ccc(N(CCCC(=O)N(Cc2ccccc2Cl)[C@H](C)C(=O)NC2CCCCC2)S(C)(=O)=O)cc1. The number of benzene rings is 2. The monoisotopic (exact) mass is 561 g/mol. The molecule has 208 valence electrons. The maximum absolute atomic E-state index is 13.5. The van der Waals surface area contributed by atoms with Gasteiger partial charge in [0, 0.05) is 30.6 Å². The first-order chi connectivity index (χ1) is 18.1. The summed E-state index contributed by atoms with van der Waals surface area (Å²) in [7, 11) is -3.53. The first-order valence-corrected chi connectivity index (χ1v) is 15.7. The fourth-order valence-electron chi connectivity index (χ4n) is 4.86. The van der Waals surface area contributed by atoms with Crippen molar-refractivity contribution in [3.63, 3.8) is 0 Å². The van der Waals surface area contributed by atoms with Gasteiger partial charge in [0.2, 0.25) is 21.8 Å². The van der Waals surface area contributed by atoms with Gasteiger partial charge in [-0.1, -0.05) is 68.1 Å². The largest absolute Gasteiger partial charge is 0.352 e. The molecule has 0 heterocycles. The second kappa shape index (κ2) is 14.0. The van der Waals surface area contributed by atoms with Crippen LogP contribution in [0.25, 0.3) is 0 Å². The molecule has 1 fully saturated rings. The van der Waals surface area contributed by atoms with Gasteiger partial charge < -0.3 is 10.2 Å². The van der Waals surface area contributed by atoms with Gasteiger partial charge >= 0.3 is 0 Å². The van der Waals surface area contributed by atoms with E-state index in [1.54, 1.807) is 30.0 Å². The van der Waals surface area contributed by atoms with Crippen LogP contribution in [0, 0.1) is 0 Å². The zero-order valence-electron chi connectivity index (χ0n) is 22.7. The minimum atomic E-state index is -3.53. The molecular formula is C29H40ClN3O4S. The van der Waals surface area contributed by atoms with Crippen LogP contribution in [-0.2, 0) is 32.6 Å². The molecule has 1 saturated carbocycles. The van der Waals surface area contributed by atoms with E-state index in [4.69, 9.17) is 11.6 Å². The molecule has 9 heteroatoms. The molecule has 1 aliphatic rings. The van der Waals surface area contributed by atoms with Crippen LogP contribution in [0.4, 0.5) is 5.69 Å². The Kier molecular flexibility index (Phi) is 11.0. The highest BCUT2D eigenvalue weighted by Crippen LogP contribution is 2.23. The van der Waals surface area contributed by atoms with Crippen LogP contribution in [0.1, 0.15) is 69.9 Å². The van der Waals surface area contributed by atoms with E-state index in [1.807, 2.05) is 37.3 Å². The lowest BCUT2D eigenvalue weighted by Crippen LogP contribution is -2.50. The minimum absolute atomic E-state index is 0.102. The lowest BCUT2D eigenvalue weighted by molar-refractivity contribution is -0.141. The fourth-order valence-corrected chi connectivity index (χ4v) is 6.02. The molecule has 0 aliphatic heterocycles. The molecule has 0 radical (unpaired) electrons. The summed E-state index contributed by atoms with van der Waals surface area (Å²) in [5.74, 6) is -0.392. The van der Waals surface area contributed by atoms with Crippen molar-refractivity contribution in [1.82, 2.24) is 10.2 Å². The Balaban J connectivity index is 1.71. The number of amides is 2. The number of nitrogens with zero attached hydrogens (tertiary/aromatic N) is 2. The van der Waals surface area contributed by atoms with Crippen molar-refractivity contribution in [3.8, 4) is 0 Å². The Hall–Kier alpha value is -2.58. The molecule has 3 rings (SSSR count). The Bertz CT molecular complexity index is 1180. The van der Waals surface area contributed by atoms with Gasteiger partial charge in [-0.25, -0.2) is 8.42 Å². The topological polar surface area (TPSA) is 86.8 Å². The van der Waals surface area contributed by atoms with Gasteiger partial charge in [-0.3, -0.25) is 13.9 Å². The third-order valence-corrected chi connectivity index (χ3v) is 8.76. The van der Waals surface area contributed by atoms with Gasteiger partial charge in [0.1, 0.15) is 6.04 Å². The van der Waals surface area contributed by atoms with Crippen molar-refractivity contribution >= 4 is 39.1 Å². The second-order valence-corrected chi connectivity index (χ2v) is 12.4. The number of aryl methyl sites for hydroxylation is 1. The smallest absolute Gasteiger partial charge is 0.242 e. The molecule has 0 aromatic heterocycles. The number of anilines is 1. The highest BCUT2D eigenvalue weighted by atomic mass is 35.5. The van der Waals surface area contributed by atoms with Crippen LogP contribution in [-0.4, -0.2) is 50.0 Å². The van der Waals surface area contributed by atoms with Gasteiger partial charge in [-0.05, 0) is 61.9 Å². The number of hydrogen-bond acceptors (Lipinski definition) is 4. The molecule has 1 atom stereocenters. The summed E-state index contributed by atoms with van der Waals surface area (Å²) >= 11 is 6.39. The van der Waals surface area contributed by atoms with E-state index in [-0.39, 0.29) is 37.4 Å². The van der Waals surface area contributed by atoms with Crippen molar-refractivity contribution < 1.29 is 18.0 Å². The van der Waals surface area contributed by atoms with Crippen LogP contribution in [0.15, 0.2) is 48.5 Å². The molecule has 0 spiro atoms. The highest BCUT2D eigenvalue weighted by Gasteiger charge is 2.29. The molecular weight excluding hydrogens is 522 g/mol. The van der Waals surface area contributed by atoms with E-state index < -0.39 is 16.1 Å². The maximum atomic E-state index is 13.5. The van der Waals surface area contributed by atoms with Crippen LogP contribution in [0.2, 0.25) is 5.02 Å². The van der Waals surface area contributed by atoms with Gasteiger partial charge in [0.15, 0.2) is 0 Å². The molecule has 2 aromatic rings. The molecule has 0 unspecified atom stereocenters. The van der Waals surface area contributed by atoms with E-state index in [0.29, 0.717) is 17.1 Å². The summed E-state index contributed by atoms with van der Waals surface area (Å²) in [6, 6.07) is 14.2. The van der Waals surface area contributed by atoms with Gasteiger partial charge in [-0.2, -0.15) is 0 Å². The molecule has 7 nitrogen and oxygen atoms in total. The number of hydrogen-bond donors (Lipinski definition) is 1. The van der Waals surface area contributed by atoms with Crippen LogP contribution >= 0.6 is 11.6 Å². The Morgan fingerprint density at radius 3 is 2.32 bits per heavy atom. The van der Waals surface area contributed by atoms with E-state index in [2.05, 4.69) is 5.32 Å². The fraction of sp³-hybridized carbons (Fsp3) is 0.517. The zero-order chi connectivity index (χ0) is 27.7. The Morgan fingerprint density at radius 1 is 1.05 bits per heavy atom. The van der Waals surface area contributed by atoms with E-state index in [0.717, 1.165) is 43.2 Å². The van der Waals surface area contributed by atoms with Crippen molar-refractivity contribution in [2.24, 2.45) is 0 Å². The highest BCUT2D eigenvalue weighted by molar-refractivity contribution is 7.92. The lowest BCUT2D eigenvalue weighted by atomic mass is 9.95. The van der Waals surface area contributed by atoms with Crippen LogP contribution in [0.5, 0.6) is 0 Å². The van der Waals surface area contributed by atoms with Gasteiger partial charge in [0.25, 0.3) is 0 Å². The number of rotatable bonds is 12. The minimum Gasteiger partial charge on any atom is -0.352 e. The van der Waals surface area contributed by atoms with Crippen molar-refractivity contribution in [1.29, 1.82) is 0 Å². The standard InChI is InChI=1S/C29H40ClN3O4S/c1-4-23-16-18-26(19-17-23)33(38(3,36)37)20-10-15-28(34)32(21-24-11-8-9-14-27(24)30)22(2)29(35)31-25-12-6-5-7-13-25/h8-9,11,14,16-19,22,25H,4-7,10,12-13,15,20-21H2,1-3H3,(H,31,35)/t22-/m1/s1. The summed E-state index contributed by atoms with van der Waals surface area (Å²) in [5.41, 5.74) is 2.45. The molecule has 1 N–H and O–H groups in total. The molecule has 2 amide bonds. The summed E-state index contributed by atoms with van der Waals surface area (Å²) in [4.78, 5) is 28.2. The normalized spacial score (nSPS) is 15.1. The first-order valence-electron chi connectivity index (χ1n) is 13.5. The van der Waals surface area contributed by atoms with Gasteiger partial charge in [-0.15, -0.1) is 0 Å². The quantitative estimate of drug-likeness (QED) is 0.380. The van der Waals surface area contributed by atoms with E-state index in [9.17, 15) is 18.0 Å². The number of sulfonamides is 1. The van der Waals surface area contributed by atoms with Crippen molar-refractivity contribution in [3.05, 3.63) is 64.7 Å². The average Bonchev–Trinajstić information content (AvgIpc) is 2.90. The summed E-state index contributed by atoms with van der Waals surface area (Å²) in [5, 5.41) is 3.66. The number of carbonyl (C=O) groups excluding carboxylic acids is 2. The van der Waals surface area contributed by atoms with Gasteiger partial charge in [0.05, 0.1) is 11.9 Å².